The zero-order chi connectivity index (χ0) is 22.1. The minimum atomic E-state index is -0.204. The lowest BCUT2D eigenvalue weighted by molar-refractivity contribution is 0.102. The molecule has 0 atom stereocenters. The van der Waals surface area contributed by atoms with Gasteiger partial charge in [0.25, 0.3) is 5.91 Å². The van der Waals surface area contributed by atoms with Crippen LogP contribution in [0.5, 0.6) is 0 Å². The number of fused-ring (bicyclic) bond motifs is 1. The zero-order valence-corrected chi connectivity index (χ0v) is 17.9. The fourth-order valence-corrected chi connectivity index (χ4v) is 3.74. The summed E-state index contributed by atoms with van der Waals surface area (Å²) in [5, 5.41) is 12.4. The summed E-state index contributed by atoms with van der Waals surface area (Å²) >= 11 is 0. The number of carbonyl (C=O) groups excluding carboxylic acids is 1. The lowest BCUT2D eigenvalue weighted by Gasteiger charge is -2.09. The number of para-hydroxylation sites is 1. The number of anilines is 1. The Balaban J connectivity index is 1.44. The Bertz CT molecular complexity index is 1430. The van der Waals surface area contributed by atoms with Crippen LogP contribution in [-0.4, -0.2) is 30.5 Å². The molecule has 7 heteroatoms. The van der Waals surface area contributed by atoms with Crippen LogP contribution in [0.3, 0.4) is 0 Å². The molecule has 0 saturated heterocycles. The molecule has 3 aromatic heterocycles. The van der Waals surface area contributed by atoms with Crippen molar-refractivity contribution in [1.82, 2.24) is 24.5 Å². The summed E-state index contributed by atoms with van der Waals surface area (Å²) in [4.78, 5) is 18.0. The van der Waals surface area contributed by atoms with Crippen molar-refractivity contribution in [3.05, 3.63) is 96.1 Å². The van der Waals surface area contributed by atoms with Crippen LogP contribution < -0.4 is 5.32 Å². The third-order valence-corrected chi connectivity index (χ3v) is 5.45. The van der Waals surface area contributed by atoms with E-state index in [2.05, 4.69) is 34.6 Å². The smallest absolute Gasteiger partial charge is 0.256 e. The first-order chi connectivity index (χ1) is 15.6. The van der Waals surface area contributed by atoms with E-state index in [1.54, 1.807) is 17.1 Å². The van der Waals surface area contributed by atoms with Crippen molar-refractivity contribution >= 4 is 22.5 Å². The summed E-state index contributed by atoms with van der Waals surface area (Å²) in [5.74, 6) is -0.204. The molecule has 0 fully saturated rings. The van der Waals surface area contributed by atoms with Gasteiger partial charge in [-0.05, 0) is 30.2 Å². The number of amides is 1. The molecule has 0 bridgehead atoms. The number of aromatic nitrogens is 5. The van der Waals surface area contributed by atoms with Crippen molar-refractivity contribution in [2.75, 3.05) is 5.32 Å². The Labute approximate surface area is 185 Å². The molecule has 158 valence electrons. The average Bonchev–Trinajstić information content (AvgIpc) is 3.43. The van der Waals surface area contributed by atoms with E-state index in [0.717, 1.165) is 16.5 Å². The fraction of sp³-hybridized carbons (Fsp3) is 0.120. The highest BCUT2D eigenvalue weighted by molar-refractivity contribution is 6.13. The zero-order valence-electron chi connectivity index (χ0n) is 17.9. The molecule has 0 aliphatic rings. The summed E-state index contributed by atoms with van der Waals surface area (Å²) in [5.41, 5.74) is 5.92. The highest BCUT2D eigenvalue weighted by atomic mass is 16.1. The van der Waals surface area contributed by atoms with E-state index in [0.29, 0.717) is 23.5 Å². The van der Waals surface area contributed by atoms with Gasteiger partial charge in [-0.1, -0.05) is 42.5 Å². The third kappa shape index (κ3) is 3.88. The van der Waals surface area contributed by atoms with Crippen LogP contribution in [0.1, 0.15) is 21.5 Å². The van der Waals surface area contributed by atoms with E-state index in [1.165, 1.54) is 11.1 Å². The van der Waals surface area contributed by atoms with Crippen molar-refractivity contribution < 1.29 is 4.79 Å². The summed E-state index contributed by atoms with van der Waals surface area (Å²) < 4.78 is 3.54. The molecule has 0 saturated carbocycles. The normalized spacial score (nSPS) is 11.1. The summed E-state index contributed by atoms with van der Waals surface area (Å²) in [6, 6.07) is 17.7. The molecule has 0 radical (unpaired) electrons. The predicted octanol–water partition coefficient (Wildman–Crippen LogP) is 4.44. The maximum atomic E-state index is 13.2. The SMILES string of the molecule is Cc1ccccc1Cn1cc(NC(=O)c2cc(-c3cnn(C)c3)nc3ccccc23)cn1. The molecule has 1 amide bonds. The first kappa shape index (κ1) is 19.7. The Kier molecular flexibility index (Phi) is 4.99. The number of nitrogens with zero attached hydrogens (tertiary/aromatic N) is 5. The van der Waals surface area contributed by atoms with Gasteiger partial charge in [0.05, 0.1) is 41.4 Å². The van der Waals surface area contributed by atoms with E-state index in [9.17, 15) is 4.79 Å². The van der Waals surface area contributed by atoms with Gasteiger partial charge in [0, 0.05) is 30.4 Å². The molecule has 0 aliphatic heterocycles. The van der Waals surface area contributed by atoms with Crippen molar-refractivity contribution in [1.29, 1.82) is 0 Å². The van der Waals surface area contributed by atoms with Gasteiger partial charge >= 0.3 is 0 Å². The van der Waals surface area contributed by atoms with E-state index in [-0.39, 0.29) is 5.91 Å². The number of hydrogen-bond donors (Lipinski definition) is 1. The van der Waals surface area contributed by atoms with Crippen molar-refractivity contribution in [3.8, 4) is 11.3 Å². The Hall–Kier alpha value is -4.26. The second-order valence-electron chi connectivity index (χ2n) is 7.78. The molecular formula is C25H22N6O. The largest absolute Gasteiger partial charge is 0.319 e. The average molecular weight is 422 g/mol. The van der Waals surface area contributed by atoms with Crippen LogP contribution >= 0.6 is 0 Å². The van der Waals surface area contributed by atoms with Gasteiger partial charge < -0.3 is 5.32 Å². The van der Waals surface area contributed by atoms with Crippen LogP contribution in [0.15, 0.2) is 79.4 Å². The fourth-order valence-electron chi connectivity index (χ4n) is 3.74. The van der Waals surface area contributed by atoms with Gasteiger partial charge in [-0.25, -0.2) is 4.98 Å². The van der Waals surface area contributed by atoms with Gasteiger partial charge in [0.2, 0.25) is 0 Å². The highest BCUT2D eigenvalue weighted by Gasteiger charge is 2.15. The molecule has 32 heavy (non-hydrogen) atoms. The minimum Gasteiger partial charge on any atom is -0.319 e. The van der Waals surface area contributed by atoms with Gasteiger partial charge in [0.1, 0.15) is 0 Å². The van der Waals surface area contributed by atoms with Crippen molar-refractivity contribution in [3.63, 3.8) is 0 Å². The number of carbonyl (C=O) groups is 1. The van der Waals surface area contributed by atoms with Crippen LogP contribution in [0.25, 0.3) is 22.2 Å². The van der Waals surface area contributed by atoms with Gasteiger partial charge in [0.15, 0.2) is 0 Å². The number of rotatable bonds is 5. The number of pyridine rings is 1. The lowest BCUT2D eigenvalue weighted by atomic mass is 10.0. The molecule has 0 unspecified atom stereocenters. The molecule has 2 aromatic carbocycles. The third-order valence-electron chi connectivity index (χ3n) is 5.45. The summed E-state index contributed by atoms with van der Waals surface area (Å²) in [7, 11) is 1.85. The highest BCUT2D eigenvalue weighted by Crippen LogP contribution is 2.25. The molecule has 7 nitrogen and oxygen atoms in total. The number of hydrogen-bond acceptors (Lipinski definition) is 4. The Morgan fingerprint density at radius 3 is 2.62 bits per heavy atom. The molecule has 0 aliphatic carbocycles. The molecule has 5 rings (SSSR count). The maximum absolute atomic E-state index is 13.2. The minimum absolute atomic E-state index is 0.204. The lowest BCUT2D eigenvalue weighted by Crippen LogP contribution is -2.12. The summed E-state index contributed by atoms with van der Waals surface area (Å²) in [6.07, 6.45) is 7.14. The van der Waals surface area contributed by atoms with E-state index in [4.69, 9.17) is 4.98 Å². The molecular weight excluding hydrogens is 400 g/mol. The van der Waals surface area contributed by atoms with Gasteiger partial charge in [-0.3, -0.25) is 14.2 Å². The van der Waals surface area contributed by atoms with E-state index >= 15 is 0 Å². The second kappa shape index (κ2) is 8.11. The van der Waals surface area contributed by atoms with Gasteiger partial charge in [-0.2, -0.15) is 10.2 Å². The molecule has 5 aromatic rings. The second-order valence-corrected chi connectivity index (χ2v) is 7.78. The van der Waals surface area contributed by atoms with Crippen molar-refractivity contribution in [2.45, 2.75) is 13.5 Å². The number of benzene rings is 2. The van der Waals surface area contributed by atoms with Crippen LogP contribution in [0, 0.1) is 6.92 Å². The maximum Gasteiger partial charge on any atom is 0.256 e. The standard InChI is InChI=1S/C25H22N6O/c1-17-7-3-4-8-18(17)15-31-16-20(13-27-31)28-25(32)22-11-24(19-12-26-30(2)14-19)29-23-10-6-5-9-21(22)23/h3-14,16H,15H2,1-2H3,(H,28,32). The summed E-state index contributed by atoms with van der Waals surface area (Å²) in [6.45, 7) is 2.72. The predicted molar refractivity (Wildman–Crippen MR) is 124 cm³/mol. The van der Waals surface area contributed by atoms with Gasteiger partial charge in [-0.15, -0.1) is 0 Å². The first-order valence-electron chi connectivity index (χ1n) is 10.3. The number of aryl methyl sites for hydroxylation is 2. The molecule has 3 heterocycles. The van der Waals surface area contributed by atoms with Crippen LogP contribution in [-0.2, 0) is 13.6 Å². The van der Waals surface area contributed by atoms with Crippen molar-refractivity contribution in [2.24, 2.45) is 7.05 Å². The van der Waals surface area contributed by atoms with Crippen LogP contribution in [0.4, 0.5) is 5.69 Å². The van der Waals surface area contributed by atoms with Crippen LogP contribution in [0.2, 0.25) is 0 Å². The monoisotopic (exact) mass is 422 g/mol. The Morgan fingerprint density at radius 2 is 1.81 bits per heavy atom. The van der Waals surface area contributed by atoms with E-state index in [1.807, 2.05) is 66.6 Å². The first-order valence-corrected chi connectivity index (χ1v) is 10.3. The quantitative estimate of drug-likeness (QED) is 0.454. The van der Waals surface area contributed by atoms with E-state index < -0.39 is 0 Å². The molecule has 0 spiro atoms. The number of nitrogens with one attached hydrogen (secondary N) is 1. The topological polar surface area (TPSA) is 77.6 Å². The molecule has 1 N–H and O–H groups in total. The Morgan fingerprint density at radius 1 is 1.00 bits per heavy atom.